The first-order valence-electron chi connectivity index (χ1n) is 9.07. The zero-order valence-electron chi connectivity index (χ0n) is 15.4. The first-order chi connectivity index (χ1) is 14.2. The summed E-state index contributed by atoms with van der Waals surface area (Å²) in [6, 6.07) is 24.1. The summed E-state index contributed by atoms with van der Waals surface area (Å²) in [6.07, 6.45) is 1.60. The highest BCUT2D eigenvalue weighted by atomic mass is 35.5. The lowest BCUT2D eigenvalue weighted by molar-refractivity contribution is 0.261. The maximum absolute atomic E-state index is 12.6. The number of carbonyl (C=O) groups excluding carboxylic acids is 1. The van der Waals surface area contributed by atoms with Crippen LogP contribution in [0.2, 0.25) is 5.02 Å². The number of halogens is 1. The summed E-state index contributed by atoms with van der Waals surface area (Å²) in [4.78, 5) is 16.8. The van der Waals surface area contributed by atoms with Crippen molar-refractivity contribution in [1.82, 2.24) is 4.98 Å². The number of benzene rings is 3. The first kappa shape index (κ1) is 18.8. The van der Waals surface area contributed by atoms with E-state index in [4.69, 9.17) is 16.3 Å². The van der Waals surface area contributed by atoms with E-state index in [1.165, 1.54) is 0 Å². The molecule has 2 amide bonds. The van der Waals surface area contributed by atoms with E-state index >= 15 is 0 Å². The molecular weight excluding hydrogens is 386 g/mol. The minimum absolute atomic E-state index is 0.311. The average Bonchev–Trinajstić information content (AvgIpc) is 2.73. The first-order valence-corrected chi connectivity index (χ1v) is 9.45. The monoisotopic (exact) mass is 403 g/mol. The standard InChI is InChI=1S/C23H18ClN3O2/c24-18-9-3-6-16(14-18)15-29-21-12-5-13-25-22(21)27-23(28)26-20-11-4-8-17-7-1-2-10-19(17)20/h1-14H,15H2,(H2,25,26,27,28). The SMILES string of the molecule is O=C(Nc1ncccc1OCc1cccc(Cl)c1)Nc1cccc2ccccc12. The summed E-state index contributed by atoms with van der Waals surface area (Å²) in [6.45, 7) is 0.311. The molecule has 5 nitrogen and oxygen atoms in total. The summed E-state index contributed by atoms with van der Waals surface area (Å²) in [5.74, 6) is 0.813. The Morgan fingerprint density at radius 1 is 0.931 bits per heavy atom. The Kier molecular flexibility index (Phi) is 5.59. The number of amides is 2. The van der Waals surface area contributed by atoms with Gasteiger partial charge in [-0.3, -0.25) is 5.32 Å². The predicted octanol–water partition coefficient (Wildman–Crippen LogP) is 6.11. The van der Waals surface area contributed by atoms with Crippen molar-refractivity contribution in [1.29, 1.82) is 0 Å². The van der Waals surface area contributed by atoms with Gasteiger partial charge in [0.15, 0.2) is 11.6 Å². The molecule has 0 fully saturated rings. The predicted molar refractivity (Wildman–Crippen MR) is 117 cm³/mol. The number of rotatable bonds is 5. The summed E-state index contributed by atoms with van der Waals surface area (Å²) in [5, 5.41) is 8.29. The number of aromatic nitrogens is 1. The number of carbonyl (C=O) groups is 1. The van der Waals surface area contributed by atoms with Gasteiger partial charge < -0.3 is 10.1 Å². The van der Waals surface area contributed by atoms with Gasteiger partial charge in [-0.15, -0.1) is 0 Å². The van der Waals surface area contributed by atoms with Crippen LogP contribution < -0.4 is 15.4 Å². The number of hydrogen-bond acceptors (Lipinski definition) is 3. The Bertz CT molecular complexity index is 1160. The van der Waals surface area contributed by atoms with Gasteiger partial charge in [0, 0.05) is 16.6 Å². The third kappa shape index (κ3) is 4.65. The van der Waals surface area contributed by atoms with Crippen LogP contribution in [0.5, 0.6) is 5.75 Å². The van der Waals surface area contributed by atoms with Crippen molar-refractivity contribution < 1.29 is 9.53 Å². The second-order valence-electron chi connectivity index (χ2n) is 6.37. The van der Waals surface area contributed by atoms with Crippen LogP contribution in [0, 0.1) is 0 Å². The lowest BCUT2D eigenvalue weighted by atomic mass is 10.1. The zero-order chi connectivity index (χ0) is 20.1. The number of nitrogens with one attached hydrogen (secondary N) is 2. The second kappa shape index (κ2) is 8.63. The van der Waals surface area contributed by atoms with Crippen molar-refractivity contribution in [3.05, 3.63) is 95.6 Å². The molecule has 1 aromatic heterocycles. The summed E-state index contributed by atoms with van der Waals surface area (Å²) in [5.41, 5.74) is 1.64. The third-order valence-electron chi connectivity index (χ3n) is 4.32. The quantitative estimate of drug-likeness (QED) is 0.422. The molecule has 0 aliphatic heterocycles. The van der Waals surface area contributed by atoms with E-state index in [0.717, 1.165) is 22.0 Å². The molecule has 2 N–H and O–H groups in total. The van der Waals surface area contributed by atoms with Gasteiger partial charge in [0.05, 0.1) is 5.69 Å². The minimum Gasteiger partial charge on any atom is -0.485 e. The van der Waals surface area contributed by atoms with E-state index in [1.54, 1.807) is 24.4 Å². The maximum Gasteiger partial charge on any atom is 0.324 e. The highest BCUT2D eigenvalue weighted by Gasteiger charge is 2.11. The van der Waals surface area contributed by atoms with Gasteiger partial charge in [-0.2, -0.15) is 0 Å². The molecule has 144 valence electrons. The average molecular weight is 404 g/mol. The van der Waals surface area contributed by atoms with E-state index in [2.05, 4.69) is 15.6 Å². The van der Waals surface area contributed by atoms with E-state index in [9.17, 15) is 4.79 Å². The molecule has 0 radical (unpaired) electrons. The summed E-state index contributed by atoms with van der Waals surface area (Å²) in [7, 11) is 0. The Morgan fingerprint density at radius 3 is 2.66 bits per heavy atom. The van der Waals surface area contributed by atoms with Crippen LogP contribution in [0.3, 0.4) is 0 Å². The second-order valence-corrected chi connectivity index (χ2v) is 6.81. The number of pyridine rings is 1. The number of nitrogens with zero attached hydrogens (tertiary/aromatic N) is 1. The highest BCUT2D eigenvalue weighted by Crippen LogP contribution is 2.25. The number of urea groups is 1. The lowest BCUT2D eigenvalue weighted by Gasteiger charge is -2.13. The molecule has 0 bridgehead atoms. The van der Waals surface area contributed by atoms with E-state index < -0.39 is 6.03 Å². The van der Waals surface area contributed by atoms with Gasteiger partial charge in [-0.1, -0.05) is 60.1 Å². The fraction of sp³-hybridized carbons (Fsp3) is 0.0435. The topological polar surface area (TPSA) is 63.2 Å². The number of hydrogen-bond donors (Lipinski definition) is 2. The van der Waals surface area contributed by atoms with Crippen molar-refractivity contribution in [2.75, 3.05) is 10.6 Å². The van der Waals surface area contributed by atoms with Gasteiger partial charge in [0.1, 0.15) is 6.61 Å². The van der Waals surface area contributed by atoms with Crippen molar-refractivity contribution >= 4 is 39.9 Å². The summed E-state index contributed by atoms with van der Waals surface area (Å²) >= 11 is 6.01. The Labute approximate surface area is 173 Å². The third-order valence-corrected chi connectivity index (χ3v) is 4.56. The Hall–Kier alpha value is -3.57. The zero-order valence-corrected chi connectivity index (χ0v) is 16.2. The maximum atomic E-state index is 12.6. The molecule has 0 spiro atoms. The number of fused-ring (bicyclic) bond motifs is 1. The molecule has 0 saturated heterocycles. The van der Waals surface area contributed by atoms with Gasteiger partial charge in [-0.25, -0.2) is 9.78 Å². The van der Waals surface area contributed by atoms with Crippen LogP contribution in [0.4, 0.5) is 16.3 Å². The Balaban J connectivity index is 1.47. The van der Waals surface area contributed by atoms with Crippen molar-refractivity contribution in [2.45, 2.75) is 6.61 Å². The minimum atomic E-state index is -0.396. The Morgan fingerprint density at radius 2 is 1.76 bits per heavy atom. The van der Waals surface area contributed by atoms with Crippen LogP contribution in [0.15, 0.2) is 85.1 Å². The molecule has 4 rings (SSSR count). The number of anilines is 2. The molecule has 0 saturated carbocycles. The normalized spacial score (nSPS) is 10.5. The fourth-order valence-electron chi connectivity index (χ4n) is 2.98. The van der Waals surface area contributed by atoms with Crippen LogP contribution in [-0.2, 0) is 6.61 Å². The summed E-state index contributed by atoms with van der Waals surface area (Å²) < 4.78 is 5.84. The molecule has 0 atom stereocenters. The van der Waals surface area contributed by atoms with Crippen molar-refractivity contribution in [3.63, 3.8) is 0 Å². The van der Waals surface area contributed by atoms with Gasteiger partial charge in [0.2, 0.25) is 0 Å². The van der Waals surface area contributed by atoms with Gasteiger partial charge in [-0.05, 0) is 41.3 Å². The van der Waals surface area contributed by atoms with Crippen molar-refractivity contribution in [2.24, 2.45) is 0 Å². The van der Waals surface area contributed by atoms with Gasteiger partial charge in [0.25, 0.3) is 0 Å². The van der Waals surface area contributed by atoms with E-state index in [-0.39, 0.29) is 0 Å². The molecule has 0 aliphatic carbocycles. The van der Waals surface area contributed by atoms with Crippen LogP contribution in [-0.4, -0.2) is 11.0 Å². The molecule has 1 heterocycles. The van der Waals surface area contributed by atoms with Gasteiger partial charge >= 0.3 is 6.03 Å². The fourth-order valence-corrected chi connectivity index (χ4v) is 3.20. The lowest BCUT2D eigenvalue weighted by Crippen LogP contribution is -2.20. The molecule has 29 heavy (non-hydrogen) atoms. The molecule has 4 aromatic rings. The van der Waals surface area contributed by atoms with E-state index in [0.29, 0.717) is 23.2 Å². The van der Waals surface area contributed by atoms with Crippen LogP contribution in [0.25, 0.3) is 10.8 Å². The molecule has 0 unspecified atom stereocenters. The van der Waals surface area contributed by atoms with Crippen LogP contribution >= 0.6 is 11.6 Å². The molecule has 0 aliphatic rings. The van der Waals surface area contributed by atoms with Crippen LogP contribution in [0.1, 0.15) is 5.56 Å². The highest BCUT2D eigenvalue weighted by molar-refractivity contribution is 6.30. The van der Waals surface area contributed by atoms with E-state index in [1.807, 2.05) is 60.7 Å². The largest absolute Gasteiger partial charge is 0.485 e. The number of ether oxygens (including phenoxy) is 1. The smallest absolute Gasteiger partial charge is 0.324 e. The molecule has 3 aromatic carbocycles. The molecular formula is C23H18ClN3O2. The van der Waals surface area contributed by atoms with Crippen molar-refractivity contribution in [3.8, 4) is 5.75 Å². The molecule has 6 heteroatoms.